The Hall–Kier alpha value is -3.20. The molecule has 1 aliphatic carbocycles. The van der Waals surface area contributed by atoms with Crippen LogP contribution in [-0.4, -0.2) is 36.8 Å². The van der Waals surface area contributed by atoms with E-state index in [0.29, 0.717) is 32.2 Å². The zero-order chi connectivity index (χ0) is 28.3. The number of carbonyl (C=O) groups is 1. The number of benzene rings is 2. The van der Waals surface area contributed by atoms with Gasteiger partial charge in [-0.2, -0.15) is 13.2 Å². The van der Waals surface area contributed by atoms with Crippen molar-refractivity contribution in [1.82, 2.24) is 0 Å². The first-order valence-corrected chi connectivity index (χ1v) is 13.4. The van der Waals surface area contributed by atoms with Crippen LogP contribution >= 0.6 is 0 Å². The molecule has 39 heavy (non-hydrogen) atoms. The molecular formula is C30H35F4N3O2. The lowest BCUT2D eigenvalue weighted by atomic mass is 9.94. The zero-order valence-corrected chi connectivity index (χ0v) is 22.3. The molecule has 9 heteroatoms. The monoisotopic (exact) mass is 545 g/mol. The minimum atomic E-state index is -4.61. The Labute approximate surface area is 226 Å². The van der Waals surface area contributed by atoms with E-state index in [0.717, 1.165) is 24.6 Å². The number of carbonyl (C=O) groups excluding carboxylic acids is 1. The summed E-state index contributed by atoms with van der Waals surface area (Å²) in [4.78, 5) is 15.3. The van der Waals surface area contributed by atoms with Crippen LogP contribution in [0.15, 0.2) is 48.0 Å². The third-order valence-electron chi connectivity index (χ3n) is 7.53. The Kier molecular flexibility index (Phi) is 8.79. The van der Waals surface area contributed by atoms with Gasteiger partial charge in [-0.15, -0.1) is 0 Å². The van der Waals surface area contributed by atoms with Gasteiger partial charge in [0.15, 0.2) is 5.78 Å². The zero-order valence-electron chi connectivity index (χ0n) is 22.3. The summed E-state index contributed by atoms with van der Waals surface area (Å²) in [6.45, 7) is 4.06. The number of halogens is 4. The second-order valence-electron chi connectivity index (χ2n) is 10.5. The van der Waals surface area contributed by atoms with Crippen molar-refractivity contribution in [2.24, 2.45) is 11.7 Å². The summed E-state index contributed by atoms with van der Waals surface area (Å²) in [6, 6.07) is 10.0. The third kappa shape index (κ3) is 6.69. The van der Waals surface area contributed by atoms with Crippen molar-refractivity contribution in [2.45, 2.75) is 70.7 Å². The highest BCUT2D eigenvalue weighted by molar-refractivity contribution is 6.05. The van der Waals surface area contributed by atoms with E-state index in [1.165, 1.54) is 24.3 Å². The summed E-state index contributed by atoms with van der Waals surface area (Å²) in [5.41, 5.74) is 6.27. The van der Waals surface area contributed by atoms with Crippen molar-refractivity contribution in [2.75, 3.05) is 18.1 Å². The number of ether oxygens (including phenoxy) is 1. The van der Waals surface area contributed by atoms with E-state index < -0.39 is 17.6 Å². The first kappa shape index (κ1) is 28.8. The van der Waals surface area contributed by atoms with Gasteiger partial charge < -0.3 is 20.8 Å². The number of hydrogen-bond donors (Lipinski definition) is 2. The van der Waals surface area contributed by atoms with Crippen LogP contribution in [0.1, 0.15) is 69.1 Å². The van der Waals surface area contributed by atoms with Gasteiger partial charge in [0.25, 0.3) is 0 Å². The normalized spacial score (nSPS) is 20.5. The summed E-state index contributed by atoms with van der Waals surface area (Å²) >= 11 is 0. The van der Waals surface area contributed by atoms with Crippen molar-refractivity contribution >= 4 is 22.9 Å². The van der Waals surface area contributed by atoms with Gasteiger partial charge in [-0.05, 0) is 63.3 Å². The van der Waals surface area contributed by atoms with Crippen molar-refractivity contribution in [3.8, 4) is 0 Å². The number of nitrogens with two attached hydrogens (primary N) is 1. The molecule has 4 rings (SSSR count). The summed E-state index contributed by atoms with van der Waals surface area (Å²) in [6.07, 6.45) is -0.454. The average Bonchev–Trinajstić information content (AvgIpc) is 3.74. The van der Waals surface area contributed by atoms with Gasteiger partial charge >= 0.3 is 6.18 Å². The molecule has 0 radical (unpaired) electrons. The lowest BCUT2D eigenvalue weighted by Gasteiger charge is -2.41. The molecule has 1 heterocycles. The predicted octanol–water partition coefficient (Wildman–Crippen LogP) is 6.74. The fourth-order valence-electron chi connectivity index (χ4n) is 5.30. The largest absolute Gasteiger partial charge is 0.417 e. The molecule has 2 aromatic rings. The topological polar surface area (TPSA) is 79.4 Å². The number of piperidine rings is 1. The highest BCUT2D eigenvalue weighted by Crippen LogP contribution is 2.38. The summed E-state index contributed by atoms with van der Waals surface area (Å²) < 4.78 is 61.8. The highest BCUT2D eigenvalue weighted by atomic mass is 19.4. The van der Waals surface area contributed by atoms with Crippen molar-refractivity contribution in [3.05, 3.63) is 70.5 Å². The number of rotatable bonds is 10. The maximum Gasteiger partial charge on any atom is 0.417 e. The standard InChI is InChI=1S/C30H35F4N3O2/c1-3-6-20-15-22(13-14-37(20)21-11-12-23(18(2)35)27(31)16-21)39-17-25(29(38)19-9-10-19)28(36)24-7-4-5-8-26(24)30(32,33)34/h4-5,7-8,11-12,16,19-20,22,35H,3,6,9-10,13-15,17,36H2,1-2H3/t20-,22?/m0/s1. The number of nitrogens with one attached hydrogen (secondary N) is 1. The van der Waals surface area contributed by atoms with Crippen LogP contribution in [-0.2, 0) is 15.7 Å². The smallest absolute Gasteiger partial charge is 0.398 e. The molecule has 2 atom stereocenters. The third-order valence-corrected chi connectivity index (χ3v) is 7.53. The Bertz CT molecular complexity index is 1250. The second kappa shape index (κ2) is 11.9. The molecule has 210 valence electrons. The number of anilines is 1. The quantitative estimate of drug-likeness (QED) is 0.197. The van der Waals surface area contributed by atoms with E-state index in [9.17, 15) is 22.4 Å². The van der Waals surface area contributed by atoms with Crippen LogP contribution < -0.4 is 10.6 Å². The molecule has 3 N–H and O–H groups in total. The maximum atomic E-state index is 14.6. The second-order valence-corrected chi connectivity index (χ2v) is 10.5. The molecule has 1 saturated carbocycles. The van der Waals surface area contributed by atoms with E-state index in [2.05, 4.69) is 11.8 Å². The molecular weight excluding hydrogens is 510 g/mol. The number of hydrogen-bond acceptors (Lipinski definition) is 5. The summed E-state index contributed by atoms with van der Waals surface area (Å²) in [5.74, 6) is -0.905. The van der Waals surface area contributed by atoms with Gasteiger partial charge in [0.2, 0.25) is 0 Å². The molecule has 1 unspecified atom stereocenters. The Balaban J connectivity index is 1.53. The van der Waals surface area contributed by atoms with Gasteiger partial charge in [-0.3, -0.25) is 4.79 Å². The van der Waals surface area contributed by atoms with Gasteiger partial charge in [0.1, 0.15) is 5.82 Å². The molecule has 1 saturated heterocycles. The summed E-state index contributed by atoms with van der Waals surface area (Å²) in [7, 11) is 0. The maximum absolute atomic E-state index is 14.6. The first-order valence-electron chi connectivity index (χ1n) is 13.4. The highest BCUT2D eigenvalue weighted by Gasteiger charge is 2.37. The molecule has 2 aromatic carbocycles. The van der Waals surface area contributed by atoms with Gasteiger partial charge in [0.05, 0.1) is 18.3 Å². The molecule has 0 amide bonds. The lowest BCUT2D eigenvalue weighted by Crippen LogP contribution is -2.45. The predicted molar refractivity (Wildman–Crippen MR) is 144 cm³/mol. The number of alkyl halides is 3. The molecule has 1 aliphatic heterocycles. The molecule has 2 aliphatic rings. The van der Waals surface area contributed by atoms with Gasteiger partial charge in [-0.1, -0.05) is 31.5 Å². The van der Waals surface area contributed by atoms with E-state index in [-0.39, 0.29) is 58.6 Å². The van der Waals surface area contributed by atoms with E-state index >= 15 is 0 Å². The Morgan fingerprint density at radius 3 is 2.46 bits per heavy atom. The SMILES string of the molecule is CCC[C@H]1CC(OCC(C(=O)C2CC2)=C(N)c2ccccc2C(F)(F)F)CCN1c1ccc(C(C)=N)c(F)c1. The van der Waals surface area contributed by atoms with Crippen LogP contribution in [0.3, 0.4) is 0 Å². The van der Waals surface area contributed by atoms with Crippen LogP contribution in [0.25, 0.3) is 5.70 Å². The van der Waals surface area contributed by atoms with E-state index in [1.807, 2.05) is 6.07 Å². The van der Waals surface area contributed by atoms with Crippen LogP contribution in [0.5, 0.6) is 0 Å². The molecule has 0 spiro atoms. The lowest BCUT2D eigenvalue weighted by molar-refractivity contribution is -0.137. The average molecular weight is 546 g/mol. The van der Waals surface area contributed by atoms with Crippen LogP contribution in [0.4, 0.5) is 23.2 Å². The van der Waals surface area contributed by atoms with Gasteiger partial charge in [0, 0.05) is 52.3 Å². The van der Waals surface area contributed by atoms with E-state index in [4.69, 9.17) is 15.9 Å². The summed E-state index contributed by atoms with van der Waals surface area (Å²) in [5, 5.41) is 7.73. The number of nitrogens with zero attached hydrogens (tertiary/aromatic N) is 1. The molecule has 2 fully saturated rings. The first-order chi connectivity index (χ1) is 18.5. The molecule has 5 nitrogen and oxygen atoms in total. The van der Waals surface area contributed by atoms with E-state index in [1.54, 1.807) is 13.0 Å². The van der Waals surface area contributed by atoms with Crippen molar-refractivity contribution in [1.29, 1.82) is 5.41 Å². The van der Waals surface area contributed by atoms with Crippen LogP contribution in [0, 0.1) is 17.1 Å². The van der Waals surface area contributed by atoms with Crippen LogP contribution in [0.2, 0.25) is 0 Å². The Morgan fingerprint density at radius 1 is 1.13 bits per heavy atom. The number of ketones is 1. The number of Topliss-reactive ketones (excluding diaryl/α,β-unsaturated/α-hetero) is 1. The molecule has 0 aromatic heterocycles. The van der Waals surface area contributed by atoms with Crippen molar-refractivity contribution in [3.63, 3.8) is 0 Å². The van der Waals surface area contributed by atoms with Crippen molar-refractivity contribution < 1.29 is 27.1 Å². The fourth-order valence-corrected chi connectivity index (χ4v) is 5.30. The Morgan fingerprint density at radius 2 is 1.85 bits per heavy atom. The fraction of sp³-hybridized carbons (Fsp3) is 0.467. The minimum Gasteiger partial charge on any atom is -0.398 e. The minimum absolute atomic E-state index is 0.0648. The van der Waals surface area contributed by atoms with Gasteiger partial charge in [-0.25, -0.2) is 4.39 Å². The molecule has 0 bridgehead atoms.